The van der Waals surface area contributed by atoms with Gasteiger partial charge in [-0.15, -0.1) is 11.6 Å². The summed E-state index contributed by atoms with van der Waals surface area (Å²) in [6.45, 7) is 9.19. The minimum Gasteiger partial charge on any atom is -0.346 e. The fraction of sp³-hybridized carbons (Fsp3) is 0.583. The van der Waals surface area contributed by atoms with Crippen LogP contribution in [0.25, 0.3) is 0 Å². The monoisotopic (exact) mass is 255 g/mol. The highest BCUT2D eigenvalue weighted by atomic mass is 35.5. The van der Waals surface area contributed by atoms with Crippen LogP contribution in [0.2, 0.25) is 0 Å². The fourth-order valence-electron chi connectivity index (χ4n) is 1.24. The topological polar surface area (TPSA) is 54.9 Å². The quantitative estimate of drug-likeness (QED) is 0.843. The molecule has 0 radical (unpaired) electrons. The Balaban J connectivity index is 2.94. The average molecular weight is 256 g/mol. The molecular formula is C12H18ClN3O. The number of carbonyl (C=O) groups excluding carboxylic acids is 1. The average Bonchev–Trinajstić information content (AvgIpc) is 2.20. The zero-order valence-corrected chi connectivity index (χ0v) is 11.6. The van der Waals surface area contributed by atoms with E-state index in [-0.39, 0.29) is 11.3 Å². The molecule has 0 aliphatic rings. The van der Waals surface area contributed by atoms with Gasteiger partial charge in [-0.1, -0.05) is 0 Å². The van der Waals surface area contributed by atoms with Gasteiger partial charge in [-0.05, 0) is 40.7 Å². The Morgan fingerprint density at radius 1 is 1.41 bits per heavy atom. The molecule has 0 spiro atoms. The number of hydrogen-bond acceptors (Lipinski definition) is 3. The van der Waals surface area contributed by atoms with E-state index in [9.17, 15) is 4.79 Å². The minimum atomic E-state index is -0.470. The largest absolute Gasteiger partial charge is 0.346 e. The van der Waals surface area contributed by atoms with Crippen LogP contribution in [0, 0.1) is 13.8 Å². The molecule has 94 valence electrons. The molecule has 17 heavy (non-hydrogen) atoms. The standard InChI is InChI=1S/C12H18ClN3O/c1-7-6-10(8(2)16-15-7)11(17)14-12(4,5)9(3)13/h6,9H,1-5H3,(H,14,17). The third-order valence-electron chi connectivity index (χ3n) is 2.78. The Morgan fingerprint density at radius 2 is 2.00 bits per heavy atom. The normalized spacial score (nSPS) is 13.3. The third-order valence-corrected chi connectivity index (χ3v) is 3.32. The summed E-state index contributed by atoms with van der Waals surface area (Å²) < 4.78 is 0. The Labute approximate surface area is 107 Å². The molecule has 0 saturated heterocycles. The maximum atomic E-state index is 12.1. The molecule has 1 aromatic rings. The van der Waals surface area contributed by atoms with Crippen LogP contribution in [0.5, 0.6) is 0 Å². The molecule has 0 saturated carbocycles. The summed E-state index contributed by atoms with van der Waals surface area (Å²) in [5, 5.41) is 10.6. The SMILES string of the molecule is Cc1cc(C(=O)NC(C)(C)C(C)Cl)c(C)nn1. The Bertz CT molecular complexity index is 430. The van der Waals surface area contributed by atoms with Gasteiger partial charge in [0.05, 0.1) is 27.9 Å². The maximum Gasteiger partial charge on any atom is 0.253 e. The second-order valence-corrected chi connectivity index (χ2v) is 5.43. The number of rotatable bonds is 3. The molecule has 1 heterocycles. The van der Waals surface area contributed by atoms with Crippen molar-refractivity contribution in [3.05, 3.63) is 23.0 Å². The molecule has 4 nitrogen and oxygen atoms in total. The fourth-order valence-corrected chi connectivity index (χ4v) is 1.29. The van der Waals surface area contributed by atoms with Crippen molar-refractivity contribution in [1.29, 1.82) is 0 Å². The number of alkyl halides is 1. The number of hydrogen-bond donors (Lipinski definition) is 1. The van der Waals surface area contributed by atoms with Crippen LogP contribution in [-0.2, 0) is 0 Å². The first-order valence-electron chi connectivity index (χ1n) is 5.51. The molecule has 5 heteroatoms. The molecule has 1 atom stereocenters. The van der Waals surface area contributed by atoms with E-state index in [2.05, 4.69) is 15.5 Å². The van der Waals surface area contributed by atoms with Crippen LogP contribution in [0.3, 0.4) is 0 Å². The lowest BCUT2D eigenvalue weighted by Crippen LogP contribution is -2.49. The van der Waals surface area contributed by atoms with E-state index in [0.717, 1.165) is 5.69 Å². The number of aryl methyl sites for hydroxylation is 2. The van der Waals surface area contributed by atoms with Crippen molar-refractivity contribution in [3.63, 3.8) is 0 Å². The number of amides is 1. The van der Waals surface area contributed by atoms with Crippen molar-refractivity contribution in [3.8, 4) is 0 Å². The number of aromatic nitrogens is 2. The zero-order valence-electron chi connectivity index (χ0n) is 10.8. The van der Waals surface area contributed by atoms with Crippen molar-refractivity contribution in [2.24, 2.45) is 0 Å². The first-order valence-corrected chi connectivity index (χ1v) is 5.95. The van der Waals surface area contributed by atoms with E-state index < -0.39 is 5.54 Å². The van der Waals surface area contributed by atoms with Crippen molar-refractivity contribution >= 4 is 17.5 Å². The summed E-state index contributed by atoms with van der Waals surface area (Å²) >= 11 is 6.03. The van der Waals surface area contributed by atoms with Gasteiger partial charge in [-0.2, -0.15) is 10.2 Å². The van der Waals surface area contributed by atoms with Gasteiger partial charge in [-0.3, -0.25) is 4.79 Å². The smallest absolute Gasteiger partial charge is 0.253 e. The maximum absolute atomic E-state index is 12.1. The zero-order chi connectivity index (χ0) is 13.2. The van der Waals surface area contributed by atoms with Crippen molar-refractivity contribution in [1.82, 2.24) is 15.5 Å². The lowest BCUT2D eigenvalue weighted by atomic mass is 10.0. The van der Waals surface area contributed by atoms with Gasteiger partial charge in [0.25, 0.3) is 5.91 Å². The van der Waals surface area contributed by atoms with Gasteiger partial charge in [0.15, 0.2) is 0 Å². The second kappa shape index (κ2) is 5.00. The van der Waals surface area contributed by atoms with E-state index in [0.29, 0.717) is 11.3 Å². The molecule has 0 aliphatic heterocycles. The van der Waals surface area contributed by atoms with Gasteiger partial charge in [0, 0.05) is 0 Å². The number of halogens is 1. The summed E-state index contributed by atoms with van der Waals surface area (Å²) in [5.41, 5.74) is 1.41. The van der Waals surface area contributed by atoms with Gasteiger partial charge < -0.3 is 5.32 Å². The highest BCUT2D eigenvalue weighted by Gasteiger charge is 2.27. The molecule has 0 fully saturated rings. The number of nitrogens with one attached hydrogen (secondary N) is 1. The Morgan fingerprint density at radius 3 is 2.53 bits per heavy atom. The third kappa shape index (κ3) is 3.40. The molecular weight excluding hydrogens is 238 g/mol. The predicted octanol–water partition coefficient (Wildman–Crippen LogP) is 2.23. The van der Waals surface area contributed by atoms with Crippen LogP contribution in [0.1, 0.15) is 42.5 Å². The van der Waals surface area contributed by atoms with Crippen molar-refractivity contribution in [2.45, 2.75) is 45.5 Å². The first kappa shape index (κ1) is 13.9. The van der Waals surface area contributed by atoms with E-state index in [1.807, 2.05) is 20.8 Å². The highest BCUT2D eigenvalue weighted by molar-refractivity contribution is 6.21. The first-order chi connectivity index (χ1) is 7.74. The van der Waals surface area contributed by atoms with E-state index in [1.54, 1.807) is 19.9 Å². The summed E-state index contributed by atoms with van der Waals surface area (Å²) in [5.74, 6) is -0.169. The van der Waals surface area contributed by atoms with Crippen molar-refractivity contribution < 1.29 is 4.79 Å². The van der Waals surface area contributed by atoms with Crippen molar-refractivity contribution in [2.75, 3.05) is 0 Å². The molecule has 1 aromatic heterocycles. The van der Waals surface area contributed by atoms with Gasteiger partial charge in [0.2, 0.25) is 0 Å². The lowest BCUT2D eigenvalue weighted by Gasteiger charge is -2.29. The Kier molecular flexibility index (Phi) is 4.09. The molecule has 0 aliphatic carbocycles. The van der Waals surface area contributed by atoms with E-state index >= 15 is 0 Å². The van der Waals surface area contributed by atoms with Crippen LogP contribution in [0.4, 0.5) is 0 Å². The van der Waals surface area contributed by atoms with Crippen LogP contribution in [-0.4, -0.2) is 27.0 Å². The van der Waals surface area contributed by atoms with Gasteiger partial charge in [-0.25, -0.2) is 0 Å². The second-order valence-electron chi connectivity index (χ2n) is 4.78. The summed E-state index contributed by atoms with van der Waals surface area (Å²) in [6, 6.07) is 1.73. The molecule has 0 bridgehead atoms. The number of nitrogens with zero attached hydrogens (tertiary/aromatic N) is 2. The molecule has 1 amide bonds. The Hall–Kier alpha value is -1.16. The highest BCUT2D eigenvalue weighted by Crippen LogP contribution is 2.16. The number of carbonyl (C=O) groups is 1. The summed E-state index contributed by atoms with van der Waals surface area (Å²) in [6.07, 6.45) is 0. The molecule has 1 N–H and O–H groups in total. The van der Waals surface area contributed by atoms with Gasteiger partial charge >= 0.3 is 0 Å². The van der Waals surface area contributed by atoms with Crippen LogP contribution < -0.4 is 5.32 Å². The van der Waals surface area contributed by atoms with Crippen LogP contribution in [0.15, 0.2) is 6.07 Å². The lowest BCUT2D eigenvalue weighted by molar-refractivity contribution is 0.0911. The summed E-state index contributed by atoms with van der Waals surface area (Å²) in [7, 11) is 0. The molecule has 1 rings (SSSR count). The van der Waals surface area contributed by atoms with Gasteiger partial charge in [0.1, 0.15) is 0 Å². The minimum absolute atomic E-state index is 0.164. The predicted molar refractivity (Wildman–Crippen MR) is 68.4 cm³/mol. The molecule has 0 aromatic carbocycles. The summed E-state index contributed by atoms with van der Waals surface area (Å²) in [4.78, 5) is 12.1. The van der Waals surface area contributed by atoms with Crippen LogP contribution >= 0.6 is 11.6 Å². The van der Waals surface area contributed by atoms with E-state index in [4.69, 9.17) is 11.6 Å². The molecule has 1 unspecified atom stereocenters. The van der Waals surface area contributed by atoms with E-state index in [1.165, 1.54) is 0 Å².